The number of amides is 1. The first kappa shape index (κ1) is 21.0. The SMILES string of the molecule is Cc1ccc(Cn2c(CN3CCC(C(N)=O)CC3)nc3c2c(=O)n(C)c(=O)n3C)cc1. The average molecular weight is 425 g/mol. The lowest BCUT2D eigenvalue weighted by atomic mass is 9.96. The molecule has 1 aliphatic rings. The minimum Gasteiger partial charge on any atom is -0.369 e. The van der Waals surface area contributed by atoms with E-state index in [0.717, 1.165) is 34.6 Å². The summed E-state index contributed by atoms with van der Waals surface area (Å²) in [7, 11) is 3.12. The third-order valence-corrected chi connectivity index (χ3v) is 6.24. The van der Waals surface area contributed by atoms with Crippen LogP contribution in [0.5, 0.6) is 0 Å². The second-order valence-electron chi connectivity index (χ2n) is 8.43. The van der Waals surface area contributed by atoms with Crippen molar-refractivity contribution in [1.29, 1.82) is 0 Å². The van der Waals surface area contributed by atoms with Gasteiger partial charge in [0.25, 0.3) is 5.56 Å². The van der Waals surface area contributed by atoms with Crippen molar-refractivity contribution >= 4 is 17.1 Å². The molecule has 3 aromatic rings. The van der Waals surface area contributed by atoms with Gasteiger partial charge in [-0.25, -0.2) is 9.78 Å². The summed E-state index contributed by atoms with van der Waals surface area (Å²) in [4.78, 5) is 43.9. The number of hydrogen-bond acceptors (Lipinski definition) is 5. The van der Waals surface area contributed by atoms with Crippen LogP contribution in [0.15, 0.2) is 33.9 Å². The van der Waals surface area contributed by atoms with Gasteiger partial charge in [0, 0.05) is 26.6 Å². The van der Waals surface area contributed by atoms with Gasteiger partial charge in [0.2, 0.25) is 5.91 Å². The molecule has 1 aromatic carbocycles. The number of hydrogen-bond donors (Lipinski definition) is 1. The summed E-state index contributed by atoms with van der Waals surface area (Å²) in [6.45, 7) is 4.51. The number of imidazole rings is 1. The Hall–Kier alpha value is -3.20. The van der Waals surface area contributed by atoms with Crippen LogP contribution in [0.3, 0.4) is 0 Å². The van der Waals surface area contributed by atoms with Gasteiger partial charge >= 0.3 is 5.69 Å². The molecule has 0 bridgehead atoms. The number of likely N-dealkylation sites (tertiary alicyclic amines) is 1. The van der Waals surface area contributed by atoms with E-state index in [2.05, 4.69) is 4.90 Å². The topological polar surface area (TPSA) is 108 Å². The Labute approximate surface area is 179 Å². The first-order valence-corrected chi connectivity index (χ1v) is 10.5. The fourth-order valence-electron chi connectivity index (χ4n) is 4.23. The average Bonchev–Trinajstić information content (AvgIpc) is 3.10. The maximum atomic E-state index is 13.0. The molecular weight excluding hydrogens is 396 g/mol. The lowest BCUT2D eigenvalue weighted by molar-refractivity contribution is -0.123. The van der Waals surface area contributed by atoms with Crippen LogP contribution >= 0.6 is 0 Å². The molecule has 1 fully saturated rings. The number of primary amides is 1. The van der Waals surface area contributed by atoms with Crippen LogP contribution in [0, 0.1) is 12.8 Å². The quantitative estimate of drug-likeness (QED) is 0.641. The molecule has 1 amide bonds. The first-order chi connectivity index (χ1) is 14.8. The third-order valence-electron chi connectivity index (χ3n) is 6.24. The van der Waals surface area contributed by atoms with Gasteiger partial charge in [0.15, 0.2) is 11.2 Å². The largest absolute Gasteiger partial charge is 0.369 e. The Morgan fingerprint density at radius 2 is 1.71 bits per heavy atom. The van der Waals surface area contributed by atoms with E-state index in [0.29, 0.717) is 37.1 Å². The van der Waals surface area contributed by atoms with Gasteiger partial charge < -0.3 is 10.3 Å². The van der Waals surface area contributed by atoms with Crippen LogP contribution in [0.25, 0.3) is 11.2 Å². The zero-order valence-corrected chi connectivity index (χ0v) is 18.2. The normalized spacial score (nSPS) is 15.6. The van der Waals surface area contributed by atoms with Crippen molar-refractivity contribution in [2.75, 3.05) is 13.1 Å². The van der Waals surface area contributed by atoms with Crippen molar-refractivity contribution in [3.63, 3.8) is 0 Å². The molecule has 9 heteroatoms. The van der Waals surface area contributed by atoms with Gasteiger partial charge in [0.1, 0.15) is 5.82 Å². The molecule has 1 aliphatic heterocycles. The smallest absolute Gasteiger partial charge is 0.332 e. The van der Waals surface area contributed by atoms with E-state index in [1.54, 1.807) is 7.05 Å². The van der Waals surface area contributed by atoms with E-state index in [9.17, 15) is 14.4 Å². The second-order valence-corrected chi connectivity index (χ2v) is 8.43. The molecule has 9 nitrogen and oxygen atoms in total. The molecule has 3 heterocycles. The Balaban J connectivity index is 1.76. The van der Waals surface area contributed by atoms with Gasteiger partial charge in [-0.2, -0.15) is 0 Å². The minimum atomic E-state index is -0.397. The van der Waals surface area contributed by atoms with Crippen molar-refractivity contribution in [2.45, 2.75) is 32.9 Å². The summed E-state index contributed by atoms with van der Waals surface area (Å²) in [5.74, 6) is 0.395. The summed E-state index contributed by atoms with van der Waals surface area (Å²) < 4.78 is 4.46. The standard InChI is InChI=1S/C22H28N6O3/c1-14-4-6-15(7-5-14)12-28-17(13-27-10-8-16(9-11-27)19(23)29)24-20-18(28)21(30)26(3)22(31)25(20)2/h4-7,16H,8-13H2,1-3H3,(H2,23,29). The maximum Gasteiger partial charge on any atom is 0.332 e. The molecule has 4 rings (SSSR count). The molecule has 0 saturated carbocycles. The highest BCUT2D eigenvalue weighted by Crippen LogP contribution is 2.21. The fraction of sp³-hybridized carbons (Fsp3) is 0.455. The van der Waals surface area contributed by atoms with E-state index in [1.165, 1.54) is 11.6 Å². The zero-order valence-electron chi connectivity index (χ0n) is 18.2. The third kappa shape index (κ3) is 3.93. The van der Waals surface area contributed by atoms with Crippen LogP contribution in [-0.4, -0.2) is 42.6 Å². The molecule has 2 N–H and O–H groups in total. The number of aromatic nitrogens is 4. The molecule has 0 atom stereocenters. The molecule has 2 aromatic heterocycles. The minimum absolute atomic E-state index is 0.0873. The van der Waals surface area contributed by atoms with E-state index >= 15 is 0 Å². The molecule has 0 aliphatic carbocycles. The van der Waals surface area contributed by atoms with E-state index in [-0.39, 0.29) is 17.4 Å². The Morgan fingerprint density at radius 3 is 2.32 bits per heavy atom. The number of carbonyl (C=O) groups excluding carboxylic acids is 1. The van der Waals surface area contributed by atoms with E-state index in [4.69, 9.17) is 10.7 Å². The summed E-state index contributed by atoms with van der Waals surface area (Å²) in [5, 5.41) is 0. The lowest BCUT2D eigenvalue weighted by Crippen LogP contribution is -2.38. The van der Waals surface area contributed by atoms with Crippen LogP contribution in [-0.2, 0) is 32.0 Å². The van der Waals surface area contributed by atoms with Crippen molar-refractivity contribution in [3.8, 4) is 0 Å². The van der Waals surface area contributed by atoms with Crippen LogP contribution in [0.2, 0.25) is 0 Å². The predicted octanol–water partition coefficient (Wildman–Crippen LogP) is 0.488. The summed E-state index contributed by atoms with van der Waals surface area (Å²) in [6, 6.07) is 8.15. The molecule has 0 spiro atoms. The summed E-state index contributed by atoms with van der Waals surface area (Å²) in [5.41, 5.74) is 7.73. The van der Waals surface area contributed by atoms with Gasteiger partial charge in [-0.3, -0.25) is 23.6 Å². The van der Waals surface area contributed by atoms with Crippen LogP contribution in [0.1, 0.15) is 29.8 Å². The Bertz CT molecular complexity index is 1240. The van der Waals surface area contributed by atoms with Crippen LogP contribution < -0.4 is 17.0 Å². The maximum absolute atomic E-state index is 13.0. The highest BCUT2D eigenvalue weighted by molar-refractivity contribution is 5.76. The van der Waals surface area contributed by atoms with Gasteiger partial charge in [0.05, 0.1) is 6.54 Å². The van der Waals surface area contributed by atoms with Gasteiger partial charge in [-0.05, 0) is 38.4 Å². The van der Waals surface area contributed by atoms with Crippen molar-refractivity contribution < 1.29 is 4.79 Å². The number of benzene rings is 1. The summed E-state index contributed by atoms with van der Waals surface area (Å²) in [6.07, 6.45) is 1.43. The number of aryl methyl sites for hydroxylation is 2. The Kier molecular flexibility index (Phi) is 5.53. The number of rotatable bonds is 5. The summed E-state index contributed by atoms with van der Waals surface area (Å²) >= 11 is 0. The first-order valence-electron chi connectivity index (χ1n) is 10.5. The van der Waals surface area contributed by atoms with Crippen molar-refractivity contribution in [1.82, 2.24) is 23.6 Å². The van der Waals surface area contributed by atoms with Crippen molar-refractivity contribution in [2.24, 2.45) is 25.7 Å². The predicted molar refractivity (Wildman–Crippen MR) is 118 cm³/mol. The van der Waals surface area contributed by atoms with Gasteiger partial charge in [-0.1, -0.05) is 29.8 Å². The van der Waals surface area contributed by atoms with Gasteiger partial charge in [-0.15, -0.1) is 0 Å². The molecule has 0 unspecified atom stereocenters. The van der Waals surface area contributed by atoms with E-state index in [1.807, 2.05) is 35.8 Å². The number of nitrogens with zero attached hydrogens (tertiary/aromatic N) is 5. The highest BCUT2D eigenvalue weighted by atomic mass is 16.2. The number of piperidine rings is 1. The number of carbonyl (C=O) groups is 1. The monoisotopic (exact) mass is 424 g/mol. The Morgan fingerprint density at radius 1 is 1.06 bits per heavy atom. The number of fused-ring (bicyclic) bond motifs is 1. The van der Waals surface area contributed by atoms with E-state index < -0.39 is 5.69 Å². The van der Waals surface area contributed by atoms with Crippen LogP contribution in [0.4, 0.5) is 0 Å². The molecular formula is C22H28N6O3. The highest BCUT2D eigenvalue weighted by Gasteiger charge is 2.26. The zero-order chi connectivity index (χ0) is 22.3. The number of nitrogens with two attached hydrogens (primary N) is 1. The second kappa shape index (κ2) is 8.14. The molecule has 31 heavy (non-hydrogen) atoms. The molecule has 164 valence electrons. The lowest BCUT2D eigenvalue weighted by Gasteiger charge is -2.30. The molecule has 1 saturated heterocycles. The van der Waals surface area contributed by atoms with Crippen molar-refractivity contribution in [3.05, 3.63) is 62.1 Å². The fourth-order valence-corrected chi connectivity index (χ4v) is 4.23. The molecule has 0 radical (unpaired) electrons.